The van der Waals surface area contributed by atoms with Crippen molar-refractivity contribution in [3.8, 4) is 0 Å². The van der Waals surface area contributed by atoms with Crippen LogP contribution in [0.1, 0.15) is 38.4 Å². The normalized spacial score (nSPS) is 10.6. The Kier molecular flexibility index (Phi) is 3.70. The molecule has 0 aliphatic rings. The third-order valence-electron chi connectivity index (χ3n) is 3.39. The van der Waals surface area contributed by atoms with Crippen LogP contribution in [0.25, 0.3) is 0 Å². The molecule has 2 rings (SSSR count). The summed E-state index contributed by atoms with van der Waals surface area (Å²) in [6.07, 6.45) is 1.58. The molecule has 1 aromatic heterocycles. The number of carboxylic acids is 1. The predicted octanol–water partition coefficient (Wildman–Crippen LogP) is 1.98. The van der Waals surface area contributed by atoms with Gasteiger partial charge in [0.2, 0.25) is 0 Å². The van der Waals surface area contributed by atoms with Crippen molar-refractivity contribution in [1.82, 2.24) is 9.97 Å². The van der Waals surface area contributed by atoms with Crippen LogP contribution in [0.15, 0.2) is 23.1 Å². The fourth-order valence-corrected chi connectivity index (χ4v) is 2.07. The zero-order valence-corrected chi connectivity index (χ0v) is 11.7. The van der Waals surface area contributed by atoms with Gasteiger partial charge in [-0.3, -0.25) is 4.79 Å². The summed E-state index contributed by atoms with van der Waals surface area (Å²) in [7, 11) is 0. The largest absolute Gasteiger partial charge is 0.477 e. The molecule has 0 amide bonds. The van der Waals surface area contributed by atoms with Gasteiger partial charge < -0.3 is 10.1 Å². The van der Waals surface area contributed by atoms with E-state index >= 15 is 0 Å². The lowest BCUT2D eigenvalue weighted by atomic mass is 9.98. The molecule has 0 aliphatic carbocycles. The lowest BCUT2D eigenvalue weighted by Gasteiger charge is -2.09. The van der Waals surface area contributed by atoms with E-state index in [-0.39, 0.29) is 5.56 Å². The van der Waals surface area contributed by atoms with Crippen LogP contribution in [0.5, 0.6) is 0 Å². The first-order valence-corrected chi connectivity index (χ1v) is 6.26. The van der Waals surface area contributed by atoms with Gasteiger partial charge in [0.1, 0.15) is 11.4 Å². The van der Waals surface area contributed by atoms with Crippen LogP contribution in [0.2, 0.25) is 0 Å². The van der Waals surface area contributed by atoms with Crippen molar-refractivity contribution in [2.75, 3.05) is 0 Å². The van der Waals surface area contributed by atoms with E-state index in [0.717, 1.165) is 17.3 Å². The van der Waals surface area contributed by atoms with E-state index in [4.69, 9.17) is 5.11 Å². The number of rotatable bonds is 3. The Morgan fingerprint density at radius 3 is 2.45 bits per heavy atom. The van der Waals surface area contributed by atoms with Crippen LogP contribution >= 0.6 is 0 Å². The molecule has 104 valence electrons. The highest BCUT2D eigenvalue weighted by Gasteiger charge is 2.11. The average molecular weight is 272 g/mol. The summed E-state index contributed by atoms with van der Waals surface area (Å²) in [6.45, 7) is 6.08. The molecule has 0 fully saturated rings. The van der Waals surface area contributed by atoms with Crippen molar-refractivity contribution in [2.45, 2.75) is 27.2 Å². The second-order valence-corrected chi connectivity index (χ2v) is 4.92. The minimum absolute atomic E-state index is 0.342. The maximum absolute atomic E-state index is 11.6. The maximum Gasteiger partial charge on any atom is 0.342 e. The molecule has 2 aromatic rings. The molecule has 5 heteroatoms. The zero-order valence-electron chi connectivity index (χ0n) is 11.7. The molecule has 1 heterocycles. The first-order valence-electron chi connectivity index (χ1n) is 6.26. The number of hydrogen-bond acceptors (Lipinski definition) is 3. The van der Waals surface area contributed by atoms with Crippen LogP contribution in [0, 0.1) is 20.8 Å². The Morgan fingerprint density at radius 2 is 1.85 bits per heavy atom. The molecule has 1 aromatic carbocycles. The number of carbonyl (C=O) groups is 1. The zero-order chi connectivity index (χ0) is 14.9. The van der Waals surface area contributed by atoms with Gasteiger partial charge in [0.15, 0.2) is 0 Å². The summed E-state index contributed by atoms with van der Waals surface area (Å²) in [5.74, 6) is -0.806. The first kappa shape index (κ1) is 14.0. The molecular formula is C15H16N2O3. The Bertz CT molecular complexity index is 732. The summed E-state index contributed by atoms with van der Waals surface area (Å²) in [6, 6.07) is 4.16. The molecule has 20 heavy (non-hydrogen) atoms. The van der Waals surface area contributed by atoms with E-state index in [9.17, 15) is 9.59 Å². The number of aromatic carboxylic acids is 1. The number of benzene rings is 1. The molecule has 0 bridgehead atoms. The molecule has 0 radical (unpaired) electrons. The summed E-state index contributed by atoms with van der Waals surface area (Å²) in [4.78, 5) is 28.9. The number of carboxylic acid groups (broad SMARTS) is 1. The number of H-pyrrole nitrogens is 1. The Hall–Kier alpha value is -2.43. The Morgan fingerprint density at radius 1 is 1.20 bits per heavy atom. The summed E-state index contributed by atoms with van der Waals surface area (Å²) >= 11 is 0. The van der Waals surface area contributed by atoms with E-state index < -0.39 is 11.5 Å². The van der Waals surface area contributed by atoms with Gasteiger partial charge in [-0.2, -0.15) is 0 Å². The number of hydrogen-bond donors (Lipinski definition) is 2. The molecule has 0 saturated heterocycles. The van der Waals surface area contributed by atoms with Crippen molar-refractivity contribution in [1.29, 1.82) is 0 Å². The van der Waals surface area contributed by atoms with Crippen molar-refractivity contribution in [3.05, 3.63) is 62.3 Å². The van der Waals surface area contributed by atoms with Gasteiger partial charge in [0, 0.05) is 12.6 Å². The number of aromatic amines is 1. The Balaban J connectivity index is 2.36. The number of nitrogens with one attached hydrogen (secondary N) is 1. The molecule has 0 aliphatic heterocycles. The van der Waals surface area contributed by atoms with Crippen LogP contribution in [0.3, 0.4) is 0 Å². The third-order valence-corrected chi connectivity index (χ3v) is 3.39. The fraction of sp³-hybridized carbons (Fsp3) is 0.267. The van der Waals surface area contributed by atoms with E-state index in [0.29, 0.717) is 12.2 Å². The summed E-state index contributed by atoms with van der Waals surface area (Å²) in [5.41, 5.74) is 3.62. The standard InChI is InChI=1S/C15H16N2O3/c1-8-4-10(3)11(5-9(8)2)6-13-16-7-12(15(19)20)14(18)17-13/h4-5,7H,6H2,1-3H3,(H,19,20)(H,16,17,18). The molecule has 0 saturated carbocycles. The molecule has 5 nitrogen and oxygen atoms in total. The van der Waals surface area contributed by atoms with Crippen LogP contribution in [-0.2, 0) is 6.42 Å². The predicted molar refractivity (Wildman–Crippen MR) is 75.3 cm³/mol. The Labute approximate surface area is 116 Å². The van der Waals surface area contributed by atoms with Gasteiger partial charge in [0.05, 0.1) is 0 Å². The monoisotopic (exact) mass is 272 g/mol. The average Bonchev–Trinajstić information content (AvgIpc) is 2.35. The number of nitrogens with zero attached hydrogens (tertiary/aromatic N) is 1. The molecule has 2 N–H and O–H groups in total. The first-order chi connectivity index (χ1) is 9.38. The van der Waals surface area contributed by atoms with E-state index in [1.807, 2.05) is 20.8 Å². The topological polar surface area (TPSA) is 83.0 Å². The van der Waals surface area contributed by atoms with Gasteiger partial charge >= 0.3 is 5.97 Å². The second kappa shape index (κ2) is 5.28. The SMILES string of the molecule is Cc1cc(C)c(Cc2ncc(C(=O)O)c(=O)[nH]2)cc1C. The highest BCUT2D eigenvalue weighted by molar-refractivity contribution is 5.86. The number of aryl methyl sites for hydroxylation is 3. The van der Waals surface area contributed by atoms with Crippen LogP contribution in [0.4, 0.5) is 0 Å². The van der Waals surface area contributed by atoms with Gasteiger partial charge in [-0.05, 0) is 43.0 Å². The smallest absolute Gasteiger partial charge is 0.342 e. The van der Waals surface area contributed by atoms with Gasteiger partial charge in [0.25, 0.3) is 5.56 Å². The molecule has 0 unspecified atom stereocenters. The van der Waals surface area contributed by atoms with Crippen LogP contribution < -0.4 is 5.56 Å². The minimum Gasteiger partial charge on any atom is -0.477 e. The van der Waals surface area contributed by atoms with Crippen molar-refractivity contribution in [3.63, 3.8) is 0 Å². The highest BCUT2D eigenvalue weighted by atomic mass is 16.4. The highest BCUT2D eigenvalue weighted by Crippen LogP contribution is 2.17. The van der Waals surface area contributed by atoms with Crippen LogP contribution in [-0.4, -0.2) is 21.0 Å². The third kappa shape index (κ3) is 2.77. The summed E-state index contributed by atoms with van der Waals surface area (Å²) in [5, 5.41) is 8.80. The van der Waals surface area contributed by atoms with Crippen molar-refractivity contribution >= 4 is 5.97 Å². The second-order valence-electron chi connectivity index (χ2n) is 4.92. The van der Waals surface area contributed by atoms with E-state index in [1.165, 1.54) is 11.1 Å². The van der Waals surface area contributed by atoms with Crippen molar-refractivity contribution < 1.29 is 9.90 Å². The van der Waals surface area contributed by atoms with Gasteiger partial charge in [-0.15, -0.1) is 0 Å². The summed E-state index contributed by atoms with van der Waals surface area (Å²) < 4.78 is 0. The van der Waals surface area contributed by atoms with E-state index in [1.54, 1.807) is 0 Å². The van der Waals surface area contributed by atoms with Crippen molar-refractivity contribution in [2.24, 2.45) is 0 Å². The number of aromatic nitrogens is 2. The molecule has 0 spiro atoms. The maximum atomic E-state index is 11.6. The van der Waals surface area contributed by atoms with Gasteiger partial charge in [-0.25, -0.2) is 9.78 Å². The minimum atomic E-state index is -1.27. The fourth-order valence-electron chi connectivity index (χ4n) is 2.07. The molecular weight excluding hydrogens is 256 g/mol. The lowest BCUT2D eigenvalue weighted by Crippen LogP contribution is -2.20. The quantitative estimate of drug-likeness (QED) is 0.895. The lowest BCUT2D eigenvalue weighted by molar-refractivity contribution is 0.0694. The molecule has 0 atom stereocenters. The van der Waals surface area contributed by atoms with E-state index in [2.05, 4.69) is 22.1 Å². The van der Waals surface area contributed by atoms with Gasteiger partial charge in [-0.1, -0.05) is 12.1 Å².